The molecule has 3 aliphatic heterocycles. The van der Waals surface area contributed by atoms with Gasteiger partial charge in [0.2, 0.25) is 23.6 Å². The number of hydrogen-bond donors (Lipinski definition) is 5. The van der Waals surface area contributed by atoms with E-state index in [4.69, 9.17) is 57.1 Å². The summed E-state index contributed by atoms with van der Waals surface area (Å²) in [5.41, 5.74) is 1.26. The number of pyridine rings is 2. The Hall–Kier alpha value is -8.47. The van der Waals surface area contributed by atoms with Crippen LogP contribution < -0.4 is 26.8 Å². The molecular weight excluding hydrogens is 1430 g/mol. The summed E-state index contributed by atoms with van der Waals surface area (Å²) in [6.07, 6.45) is 6.59. The molecule has 10 rings (SSSR count). The van der Waals surface area contributed by atoms with Crippen molar-refractivity contribution in [3.8, 4) is 11.4 Å². The van der Waals surface area contributed by atoms with Gasteiger partial charge in [-0.2, -0.15) is 0 Å². The van der Waals surface area contributed by atoms with Gasteiger partial charge in [-0.3, -0.25) is 52.8 Å². The maximum Gasteiger partial charge on any atom is 0.343 e. The second kappa shape index (κ2) is 41.7. The number of aliphatic hydroxyl groups is 1. The standard InChI is InChI=1S/C79H102FN7O23/c1-3-79(99)60-43-64-74-58(47-86(64)76(97)59(60)48-109-77(79)98)72-55(13-15-57-51(2)61(80)44-63(85-74)73(57)72)42-66(90)78(21-22-78)110-50-83-67(91)18-16-65(89)62(41-52-7-5-4-6-8-52)84-68(92)17-14-56(88)45-82-69(93)49-108-40-39-107-38-37-106-36-35-105-34-33-104-32-31-103-30-29-102-28-27-101-26-25-100-24-23-81-75(96)54-11-9-53(10-12-54)46-87-70(94)19-20-71(87)95/h4-8,19-20,43-44,53-55,62,99H,3,9-18,21-42,45-50H2,1-2H3,(H,81,96)(H,82,93)(H,83,91)(H,84,92)/t53?,54?,55-,62+,79+/m1/s1. The van der Waals surface area contributed by atoms with E-state index in [-0.39, 0.29) is 144 Å². The number of Topliss-reactive ketones (excluding diaryl/α,β-unsaturated/α-hetero) is 3. The first kappa shape index (κ1) is 84.0. The van der Waals surface area contributed by atoms with Crippen LogP contribution in [0, 0.1) is 24.6 Å². The van der Waals surface area contributed by atoms with E-state index in [1.54, 1.807) is 44.2 Å². The number of amides is 6. The van der Waals surface area contributed by atoms with E-state index in [1.807, 2.05) is 6.07 Å². The van der Waals surface area contributed by atoms with Crippen molar-refractivity contribution in [1.82, 2.24) is 35.7 Å². The molecule has 4 aromatic rings. The number of rotatable bonds is 51. The molecule has 2 aromatic carbocycles. The van der Waals surface area contributed by atoms with Crippen LogP contribution in [-0.4, -0.2) is 235 Å². The van der Waals surface area contributed by atoms with Crippen molar-refractivity contribution < 1.29 is 110 Å². The fraction of sp³-hybridized carbons (Fsp3) is 0.595. The fourth-order valence-corrected chi connectivity index (χ4v) is 14.4. The first-order valence-electron chi connectivity index (χ1n) is 38.2. The summed E-state index contributed by atoms with van der Waals surface area (Å²) >= 11 is 0. The lowest BCUT2D eigenvalue weighted by atomic mass is 9.76. The smallest absolute Gasteiger partial charge is 0.343 e. The number of halogens is 1. The Balaban J connectivity index is 0.509. The number of carbonyl (C=O) groups is 10. The lowest BCUT2D eigenvalue weighted by Crippen LogP contribution is -2.44. The molecule has 2 fully saturated rings. The normalized spacial score (nSPS) is 18.9. The number of fused-ring (bicyclic) bond motifs is 5. The monoisotopic (exact) mass is 1540 g/mol. The van der Waals surface area contributed by atoms with Crippen molar-refractivity contribution in [3.05, 3.63) is 110 Å². The average Bonchev–Trinajstić information content (AvgIpc) is 1.50. The molecular formula is C79H102FN7O23. The zero-order valence-electron chi connectivity index (χ0n) is 62.7. The number of hydrogen-bond acceptors (Lipinski definition) is 24. The summed E-state index contributed by atoms with van der Waals surface area (Å²) in [7, 11) is 0. The van der Waals surface area contributed by atoms with Gasteiger partial charge < -0.3 is 83.0 Å². The summed E-state index contributed by atoms with van der Waals surface area (Å²) in [6.45, 7) is 9.06. The number of imide groups is 1. The summed E-state index contributed by atoms with van der Waals surface area (Å²) in [5, 5.41) is 23.0. The van der Waals surface area contributed by atoms with E-state index >= 15 is 4.39 Å². The van der Waals surface area contributed by atoms with Gasteiger partial charge in [0, 0.05) is 85.8 Å². The van der Waals surface area contributed by atoms with E-state index in [2.05, 4.69) is 21.3 Å². The van der Waals surface area contributed by atoms with Crippen LogP contribution in [0.4, 0.5) is 4.39 Å². The zero-order chi connectivity index (χ0) is 78.0. The molecule has 5 N–H and O–H groups in total. The number of aromatic nitrogens is 2. The van der Waals surface area contributed by atoms with Gasteiger partial charge in [-0.15, -0.1) is 0 Å². The van der Waals surface area contributed by atoms with Gasteiger partial charge in [-0.25, -0.2) is 14.2 Å². The average molecular weight is 1540 g/mol. The number of esters is 1. The van der Waals surface area contributed by atoms with Crippen LogP contribution >= 0.6 is 0 Å². The van der Waals surface area contributed by atoms with Gasteiger partial charge in [0.15, 0.2) is 23.0 Å². The first-order valence-corrected chi connectivity index (χ1v) is 38.2. The molecule has 6 aliphatic rings. The lowest BCUT2D eigenvalue weighted by molar-refractivity contribution is -0.172. The Kier molecular flexibility index (Phi) is 31.8. The van der Waals surface area contributed by atoms with Crippen molar-refractivity contribution in [1.29, 1.82) is 0 Å². The van der Waals surface area contributed by atoms with E-state index < -0.39 is 63.9 Å². The SMILES string of the molecule is CC[C@@]1(O)C(=O)OCc2c1cc1n(c2=O)Cc2c-1nc1cc(F)c(C)c3c1c2[C@@H](CC(=O)C1(OCNC(=O)CCC(=O)[C@H](Cc2ccccc2)NC(=O)CCC(=O)CNC(=O)COCCOCCOCCOCCOCCOCCOCCOCCOCCNC(=O)C2CCC(CN4C(=O)C=CC4=O)CC2)CC1)CC3. The number of ketones is 3. The second-order valence-corrected chi connectivity index (χ2v) is 28.2. The molecule has 0 saturated heterocycles. The van der Waals surface area contributed by atoms with E-state index in [0.717, 1.165) is 47.8 Å². The second-order valence-electron chi connectivity index (χ2n) is 28.2. The number of cyclic esters (lactones) is 1. The van der Waals surface area contributed by atoms with E-state index in [1.165, 1.54) is 27.7 Å². The van der Waals surface area contributed by atoms with Crippen LogP contribution in [0.25, 0.3) is 22.3 Å². The Labute approximate surface area is 637 Å². The maximum absolute atomic E-state index is 15.6. The number of nitrogens with zero attached hydrogens (tertiary/aromatic N) is 3. The Morgan fingerprint density at radius 3 is 1.86 bits per heavy atom. The van der Waals surface area contributed by atoms with Crippen molar-refractivity contribution in [2.75, 3.05) is 145 Å². The van der Waals surface area contributed by atoms with Gasteiger partial charge in [-0.05, 0) is 111 Å². The number of nitrogens with one attached hydrogen (secondary N) is 4. The van der Waals surface area contributed by atoms with Crippen LogP contribution in [0.2, 0.25) is 0 Å². The highest BCUT2D eigenvalue weighted by Crippen LogP contribution is 2.50. The summed E-state index contributed by atoms with van der Waals surface area (Å²) in [6, 6.07) is 10.9. The lowest BCUT2D eigenvalue weighted by Gasteiger charge is -2.31. The van der Waals surface area contributed by atoms with Crippen LogP contribution in [0.5, 0.6) is 0 Å². The molecule has 2 saturated carbocycles. The van der Waals surface area contributed by atoms with E-state index in [9.17, 15) is 57.8 Å². The number of benzene rings is 2. The fourth-order valence-electron chi connectivity index (χ4n) is 14.4. The predicted octanol–water partition coefficient (Wildman–Crippen LogP) is 3.68. The summed E-state index contributed by atoms with van der Waals surface area (Å²) in [5.74, 6) is -4.71. The molecule has 110 heavy (non-hydrogen) atoms. The minimum absolute atomic E-state index is 0.00766. The van der Waals surface area contributed by atoms with Gasteiger partial charge in [0.1, 0.15) is 31.4 Å². The van der Waals surface area contributed by atoms with E-state index in [0.29, 0.717) is 166 Å². The van der Waals surface area contributed by atoms with Crippen molar-refractivity contribution in [2.24, 2.45) is 11.8 Å². The largest absolute Gasteiger partial charge is 0.458 e. The molecule has 3 atom stereocenters. The van der Waals surface area contributed by atoms with Gasteiger partial charge in [0.25, 0.3) is 17.4 Å². The van der Waals surface area contributed by atoms with Crippen molar-refractivity contribution in [3.63, 3.8) is 0 Å². The third kappa shape index (κ3) is 23.1. The van der Waals surface area contributed by atoms with Gasteiger partial charge >= 0.3 is 5.97 Å². The molecule has 31 heteroatoms. The Morgan fingerprint density at radius 2 is 1.26 bits per heavy atom. The molecule has 0 unspecified atom stereocenters. The zero-order valence-corrected chi connectivity index (χ0v) is 62.7. The molecule has 30 nitrogen and oxygen atoms in total. The van der Waals surface area contributed by atoms with Crippen molar-refractivity contribution >= 4 is 69.7 Å². The summed E-state index contributed by atoms with van der Waals surface area (Å²) in [4.78, 5) is 149. The molecule has 0 bridgehead atoms. The molecule has 6 amide bonds. The molecule has 0 radical (unpaired) electrons. The number of aryl methyl sites for hydroxylation is 1. The number of ether oxygens (including phenoxy) is 11. The van der Waals surface area contributed by atoms with Gasteiger partial charge in [-0.1, -0.05) is 37.3 Å². The van der Waals surface area contributed by atoms with Gasteiger partial charge in [0.05, 0.1) is 154 Å². The third-order valence-electron chi connectivity index (χ3n) is 20.8. The third-order valence-corrected chi connectivity index (χ3v) is 20.8. The quantitative estimate of drug-likeness (QED) is 0.0160. The molecule has 2 aromatic heterocycles. The van der Waals surface area contributed by atoms with Crippen LogP contribution in [0.15, 0.2) is 59.4 Å². The van der Waals surface area contributed by atoms with Crippen LogP contribution in [0.1, 0.15) is 135 Å². The minimum Gasteiger partial charge on any atom is -0.458 e. The highest BCUT2D eigenvalue weighted by molar-refractivity contribution is 6.13. The molecule has 3 aliphatic carbocycles. The Bertz CT molecular complexity index is 3990. The topological polar surface area (TPSA) is 379 Å². The molecule has 0 spiro atoms. The number of carbonyl (C=O) groups excluding carboxylic acids is 10. The highest BCUT2D eigenvalue weighted by Gasteiger charge is 2.52. The predicted molar refractivity (Wildman–Crippen MR) is 391 cm³/mol. The van der Waals surface area contributed by atoms with Crippen LogP contribution in [-0.2, 0) is 132 Å². The van der Waals surface area contributed by atoms with Crippen LogP contribution in [0.3, 0.4) is 0 Å². The Morgan fingerprint density at radius 1 is 0.673 bits per heavy atom. The molecule has 598 valence electrons. The molecule has 5 heterocycles. The summed E-state index contributed by atoms with van der Waals surface area (Å²) < 4.78 is 78.0. The first-order chi connectivity index (χ1) is 53.3. The van der Waals surface area contributed by atoms with Crippen molar-refractivity contribution in [2.45, 2.75) is 146 Å². The minimum atomic E-state index is -2.05. The maximum atomic E-state index is 15.6. The highest BCUT2D eigenvalue weighted by atomic mass is 19.1.